The molecule has 2 heterocycles. The number of hydrogen-bond acceptors (Lipinski definition) is 7. The molecule has 0 unspecified atom stereocenters. The first kappa shape index (κ1) is 21.1. The SMILES string of the molecule is COC(=O)c1c(NC(=O)c2ccnn2CCC(=O)O)sc(C(=O)N(C)C)c1C. The lowest BCUT2D eigenvalue weighted by Crippen LogP contribution is -2.21. The minimum atomic E-state index is -1.02. The molecule has 2 aromatic rings. The van der Waals surface area contributed by atoms with Crippen LogP contribution < -0.4 is 5.32 Å². The third kappa shape index (κ3) is 4.36. The monoisotopic (exact) mass is 408 g/mol. The molecule has 10 nitrogen and oxygen atoms in total. The number of carboxylic acid groups (broad SMARTS) is 1. The topological polar surface area (TPSA) is 131 Å². The molecule has 150 valence electrons. The van der Waals surface area contributed by atoms with E-state index in [-0.39, 0.29) is 35.1 Å². The summed E-state index contributed by atoms with van der Waals surface area (Å²) in [6.07, 6.45) is 1.17. The molecule has 2 amide bonds. The van der Waals surface area contributed by atoms with E-state index in [1.807, 2.05) is 0 Å². The molecule has 0 saturated heterocycles. The largest absolute Gasteiger partial charge is 0.481 e. The van der Waals surface area contributed by atoms with Crippen molar-refractivity contribution in [2.45, 2.75) is 19.9 Å². The van der Waals surface area contributed by atoms with Gasteiger partial charge in [0.15, 0.2) is 0 Å². The smallest absolute Gasteiger partial charge is 0.341 e. The molecule has 0 aliphatic rings. The molecule has 0 atom stereocenters. The summed E-state index contributed by atoms with van der Waals surface area (Å²) in [5, 5.41) is 15.5. The molecule has 11 heteroatoms. The van der Waals surface area contributed by atoms with Gasteiger partial charge in [-0.15, -0.1) is 11.3 Å². The van der Waals surface area contributed by atoms with E-state index in [4.69, 9.17) is 9.84 Å². The second kappa shape index (κ2) is 8.65. The van der Waals surface area contributed by atoms with E-state index in [0.29, 0.717) is 10.4 Å². The van der Waals surface area contributed by atoms with Gasteiger partial charge in [0, 0.05) is 20.3 Å². The van der Waals surface area contributed by atoms with E-state index in [2.05, 4.69) is 10.4 Å². The molecular weight excluding hydrogens is 388 g/mol. The van der Waals surface area contributed by atoms with Gasteiger partial charge in [-0.2, -0.15) is 5.10 Å². The number of aliphatic carboxylic acids is 1. The number of nitrogens with zero attached hydrogens (tertiary/aromatic N) is 3. The number of amides is 2. The van der Waals surface area contributed by atoms with Crippen molar-refractivity contribution in [1.29, 1.82) is 0 Å². The van der Waals surface area contributed by atoms with E-state index < -0.39 is 17.8 Å². The summed E-state index contributed by atoms with van der Waals surface area (Å²) in [5.74, 6) is -2.59. The lowest BCUT2D eigenvalue weighted by Gasteiger charge is -2.08. The summed E-state index contributed by atoms with van der Waals surface area (Å²) in [7, 11) is 4.37. The number of ether oxygens (including phenoxy) is 1. The lowest BCUT2D eigenvalue weighted by atomic mass is 10.1. The van der Waals surface area contributed by atoms with E-state index >= 15 is 0 Å². The number of carbonyl (C=O) groups excluding carboxylic acids is 3. The van der Waals surface area contributed by atoms with Crippen LogP contribution in [0, 0.1) is 6.92 Å². The molecule has 0 fully saturated rings. The Morgan fingerprint density at radius 1 is 1.32 bits per heavy atom. The van der Waals surface area contributed by atoms with Crippen LogP contribution in [0.3, 0.4) is 0 Å². The number of aromatic nitrogens is 2. The first-order chi connectivity index (χ1) is 13.2. The number of thiophene rings is 1. The third-order valence-electron chi connectivity index (χ3n) is 3.85. The maximum absolute atomic E-state index is 12.7. The second-order valence-corrected chi connectivity index (χ2v) is 7.01. The third-order valence-corrected chi connectivity index (χ3v) is 5.05. The van der Waals surface area contributed by atoms with Gasteiger partial charge in [0.1, 0.15) is 10.7 Å². The van der Waals surface area contributed by atoms with Crippen LogP contribution in [0.1, 0.15) is 42.5 Å². The number of aryl methyl sites for hydroxylation is 1. The molecule has 0 bridgehead atoms. The highest BCUT2D eigenvalue weighted by Gasteiger charge is 2.27. The second-order valence-electron chi connectivity index (χ2n) is 5.99. The molecule has 28 heavy (non-hydrogen) atoms. The molecule has 2 aromatic heterocycles. The first-order valence-electron chi connectivity index (χ1n) is 8.15. The Morgan fingerprint density at radius 3 is 2.57 bits per heavy atom. The van der Waals surface area contributed by atoms with Crippen LogP contribution >= 0.6 is 11.3 Å². The predicted molar refractivity (Wildman–Crippen MR) is 101 cm³/mol. The van der Waals surface area contributed by atoms with Crippen molar-refractivity contribution in [2.24, 2.45) is 0 Å². The molecular formula is C17H20N4O6S. The molecule has 0 radical (unpaired) electrons. The summed E-state index contributed by atoms with van der Waals surface area (Å²) in [4.78, 5) is 49.7. The fraction of sp³-hybridized carbons (Fsp3) is 0.353. The van der Waals surface area contributed by atoms with Gasteiger partial charge in [0.2, 0.25) is 0 Å². The molecule has 0 saturated carbocycles. The molecule has 2 rings (SSSR count). The zero-order chi connectivity index (χ0) is 21.0. The lowest BCUT2D eigenvalue weighted by molar-refractivity contribution is -0.137. The van der Waals surface area contributed by atoms with Crippen molar-refractivity contribution in [3.05, 3.63) is 34.0 Å². The highest BCUT2D eigenvalue weighted by Crippen LogP contribution is 2.34. The Bertz CT molecular complexity index is 930. The van der Waals surface area contributed by atoms with Crippen molar-refractivity contribution in [3.63, 3.8) is 0 Å². The average Bonchev–Trinajstić information content (AvgIpc) is 3.23. The first-order valence-corrected chi connectivity index (χ1v) is 8.97. The fourth-order valence-corrected chi connectivity index (χ4v) is 3.64. The number of hydrogen-bond donors (Lipinski definition) is 2. The number of carboxylic acids is 1. The van der Waals surface area contributed by atoms with Crippen molar-refractivity contribution in [1.82, 2.24) is 14.7 Å². The average molecular weight is 408 g/mol. The minimum Gasteiger partial charge on any atom is -0.481 e. The van der Waals surface area contributed by atoms with Gasteiger partial charge in [-0.1, -0.05) is 0 Å². The van der Waals surface area contributed by atoms with Crippen LogP contribution in [-0.4, -0.2) is 64.7 Å². The van der Waals surface area contributed by atoms with Crippen molar-refractivity contribution < 1.29 is 29.0 Å². The molecule has 0 aliphatic carbocycles. The summed E-state index contributed by atoms with van der Waals surface area (Å²) < 4.78 is 6.04. The summed E-state index contributed by atoms with van der Waals surface area (Å²) in [6.45, 7) is 1.62. The number of nitrogens with one attached hydrogen (secondary N) is 1. The van der Waals surface area contributed by atoms with E-state index in [1.54, 1.807) is 21.0 Å². The van der Waals surface area contributed by atoms with Gasteiger partial charge >= 0.3 is 11.9 Å². The summed E-state index contributed by atoms with van der Waals surface area (Å²) in [5.41, 5.74) is 0.636. The Morgan fingerprint density at radius 2 is 2.00 bits per heavy atom. The molecule has 0 aliphatic heterocycles. The van der Waals surface area contributed by atoms with Gasteiger partial charge in [0.25, 0.3) is 11.8 Å². The number of anilines is 1. The van der Waals surface area contributed by atoms with Gasteiger partial charge in [-0.25, -0.2) is 4.79 Å². The number of esters is 1. The van der Waals surface area contributed by atoms with Gasteiger partial charge in [0.05, 0.1) is 30.5 Å². The summed E-state index contributed by atoms with van der Waals surface area (Å²) in [6, 6.07) is 1.43. The molecule has 0 aromatic carbocycles. The van der Waals surface area contributed by atoms with E-state index in [1.165, 1.54) is 29.0 Å². The highest BCUT2D eigenvalue weighted by atomic mass is 32.1. The zero-order valence-electron chi connectivity index (χ0n) is 15.8. The normalized spacial score (nSPS) is 10.4. The summed E-state index contributed by atoms with van der Waals surface area (Å²) >= 11 is 0.968. The van der Waals surface area contributed by atoms with E-state index in [9.17, 15) is 19.2 Å². The number of rotatable bonds is 7. The van der Waals surface area contributed by atoms with Crippen LogP contribution in [0.15, 0.2) is 12.3 Å². The maximum Gasteiger partial charge on any atom is 0.341 e. The van der Waals surface area contributed by atoms with E-state index in [0.717, 1.165) is 11.3 Å². The van der Waals surface area contributed by atoms with Crippen LogP contribution in [0.4, 0.5) is 5.00 Å². The predicted octanol–water partition coefficient (Wildman–Crippen LogP) is 1.47. The molecule has 2 N–H and O–H groups in total. The number of methoxy groups -OCH3 is 1. The highest BCUT2D eigenvalue weighted by molar-refractivity contribution is 7.18. The Balaban J connectivity index is 2.38. The quantitative estimate of drug-likeness (QED) is 0.663. The Labute approximate surface area is 164 Å². The Hall–Kier alpha value is -3.21. The van der Waals surface area contributed by atoms with Gasteiger partial charge in [-0.05, 0) is 18.6 Å². The van der Waals surface area contributed by atoms with Crippen LogP contribution in [0.2, 0.25) is 0 Å². The van der Waals surface area contributed by atoms with Crippen LogP contribution in [0.25, 0.3) is 0 Å². The van der Waals surface area contributed by atoms with Gasteiger partial charge in [-0.3, -0.25) is 19.1 Å². The van der Waals surface area contributed by atoms with Crippen LogP contribution in [0.5, 0.6) is 0 Å². The maximum atomic E-state index is 12.7. The van der Waals surface area contributed by atoms with Crippen LogP contribution in [-0.2, 0) is 16.1 Å². The fourth-order valence-electron chi connectivity index (χ4n) is 2.43. The van der Waals surface area contributed by atoms with Crippen molar-refractivity contribution in [2.75, 3.05) is 26.5 Å². The van der Waals surface area contributed by atoms with Crippen molar-refractivity contribution in [3.8, 4) is 0 Å². The van der Waals surface area contributed by atoms with Gasteiger partial charge < -0.3 is 20.1 Å². The van der Waals surface area contributed by atoms with Crippen molar-refractivity contribution >= 4 is 40.1 Å². The standard InChI is InChI=1S/C17H20N4O6S/c1-9-12(17(26)27-4)15(28-13(9)16(25)20(2)3)19-14(24)10-5-7-18-21(10)8-6-11(22)23/h5,7H,6,8H2,1-4H3,(H,19,24)(H,22,23). The Kier molecular flexibility index (Phi) is 6.52. The molecule has 0 spiro atoms. The zero-order valence-corrected chi connectivity index (χ0v) is 16.6. The number of carbonyl (C=O) groups is 4. The minimum absolute atomic E-state index is 0.0166.